The first-order valence-corrected chi connectivity index (χ1v) is 6.14. The fourth-order valence-electron chi connectivity index (χ4n) is 1.60. The average Bonchev–Trinajstić information content (AvgIpc) is 2.68. The van der Waals surface area contributed by atoms with E-state index < -0.39 is 6.10 Å². The van der Waals surface area contributed by atoms with Gasteiger partial charge < -0.3 is 5.11 Å². The van der Waals surface area contributed by atoms with Crippen molar-refractivity contribution in [2.45, 2.75) is 20.0 Å². The topological polar surface area (TPSA) is 33.1 Å². The number of hydrogen-bond acceptors (Lipinski definition) is 3. The van der Waals surface area contributed by atoms with Gasteiger partial charge in [-0.3, -0.25) is 0 Å². The average molecular weight is 254 g/mol. The molecule has 1 aromatic heterocycles. The summed E-state index contributed by atoms with van der Waals surface area (Å²) < 4.78 is 0.597. The zero-order valence-corrected chi connectivity index (χ0v) is 10.6. The van der Waals surface area contributed by atoms with Gasteiger partial charge in [0, 0.05) is 0 Å². The number of thiazole rings is 1. The van der Waals surface area contributed by atoms with E-state index in [1.807, 2.05) is 32.0 Å². The zero-order valence-electron chi connectivity index (χ0n) is 9.07. The summed E-state index contributed by atoms with van der Waals surface area (Å²) in [6, 6.07) is 5.89. The van der Waals surface area contributed by atoms with Gasteiger partial charge in [-0.15, -0.1) is 11.3 Å². The number of aliphatic hydroxyl groups is 1. The summed E-state index contributed by atoms with van der Waals surface area (Å²) in [5.74, 6) is 0. The Morgan fingerprint density at radius 1 is 1.38 bits per heavy atom. The summed E-state index contributed by atoms with van der Waals surface area (Å²) in [5, 5.41) is 10.8. The number of hydrogen-bond donors (Lipinski definition) is 1. The van der Waals surface area contributed by atoms with Crippen LogP contribution < -0.4 is 0 Å². The molecule has 84 valence electrons. The third-order valence-electron chi connectivity index (χ3n) is 2.67. The second kappa shape index (κ2) is 4.53. The predicted octanol–water partition coefficient (Wildman–Crippen LogP) is 3.50. The van der Waals surface area contributed by atoms with Crippen molar-refractivity contribution in [2.24, 2.45) is 0 Å². The van der Waals surface area contributed by atoms with Crippen LogP contribution in [0.2, 0.25) is 4.34 Å². The first kappa shape index (κ1) is 11.6. The van der Waals surface area contributed by atoms with Crippen LogP contribution in [0, 0.1) is 13.8 Å². The molecule has 0 amide bonds. The number of rotatable bonds is 2. The van der Waals surface area contributed by atoms with Crippen LogP contribution >= 0.6 is 22.9 Å². The van der Waals surface area contributed by atoms with E-state index in [0.29, 0.717) is 9.34 Å². The zero-order chi connectivity index (χ0) is 11.7. The Morgan fingerprint density at radius 2 is 2.12 bits per heavy atom. The lowest BCUT2D eigenvalue weighted by Gasteiger charge is -2.12. The van der Waals surface area contributed by atoms with E-state index >= 15 is 0 Å². The van der Waals surface area contributed by atoms with Crippen molar-refractivity contribution < 1.29 is 5.11 Å². The SMILES string of the molecule is Cc1cccc(C(O)c2ncc(Cl)s2)c1C. The van der Waals surface area contributed by atoms with Crippen LogP contribution in [0.15, 0.2) is 24.4 Å². The van der Waals surface area contributed by atoms with Crippen LogP contribution in [0.4, 0.5) is 0 Å². The molecule has 1 heterocycles. The summed E-state index contributed by atoms with van der Waals surface area (Å²) >= 11 is 7.12. The first-order valence-electron chi connectivity index (χ1n) is 4.95. The second-order valence-corrected chi connectivity index (χ2v) is 5.39. The number of aromatic nitrogens is 1. The molecule has 2 nitrogen and oxygen atoms in total. The van der Waals surface area contributed by atoms with Gasteiger partial charge in [0.15, 0.2) is 0 Å². The molecule has 16 heavy (non-hydrogen) atoms. The maximum Gasteiger partial charge on any atom is 0.131 e. The second-order valence-electron chi connectivity index (χ2n) is 3.69. The van der Waals surface area contributed by atoms with E-state index in [9.17, 15) is 5.11 Å². The van der Waals surface area contributed by atoms with E-state index in [1.54, 1.807) is 6.20 Å². The Hall–Kier alpha value is -0.900. The molecule has 0 radical (unpaired) electrons. The highest BCUT2D eigenvalue weighted by molar-refractivity contribution is 7.15. The lowest BCUT2D eigenvalue weighted by Crippen LogP contribution is -2.02. The number of aliphatic hydroxyl groups excluding tert-OH is 1. The normalized spacial score (nSPS) is 12.8. The number of benzene rings is 1. The standard InChI is InChI=1S/C12H12ClNOS/c1-7-4-3-5-9(8(7)2)11(15)12-14-6-10(13)16-12/h3-6,11,15H,1-2H3. The van der Waals surface area contributed by atoms with Gasteiger partial charge in [-0.25, -0.2) is 4.98 Å². The number of nitrogens with zero attached hydrogens (tertiary/aromatic N) is 1. The predicted molar refractivity (Wildman–Crippen MR) is 67.1 cm³/mol. The molecule has 1 atom stereocenters. The van der Waals surface area contributed by atoms with Crippen molar-refractivity contribution in [3.63, 3.8) is 0 Å². The molecular weight excluding hydrogens is 242 g/mol. The van der Waals surface area contributed by atoms with E-state index in [4.69, 9.17) is 11.6 Å². The number of aryl methyl sites for hydroxylation is 1. The Bertz CT molecular complexity index is 509. The van der Waals surface area contributed by atoms with E-state index in [1.165, 1.54) is 16.9 Å². The minimum Gasteiger partial charge on any atom is -0.381 e. The van der Waals surface area contributed by atoms with Crippen molar-refractivity contribution >= 4 is 22.9 Å². The van der Waals surface area contributed by atoms with Gasteiger partial charge in [-0.05, 0) is 30.5 Å². The highest BCUT2D eigenvalue weighted by Gasteiger charge is 2.16. The lowest BCUT2D eigenvalue weighted by atomic mass is 9.99. The van der Waals surface area contributed by atoms with Gasteiger partial charge in [-0.1, -0.05) is 29.8 Å². The molecule has 0 aliphatic carbocycles. The van der Waals surface area contributed by atoms with Crippen LogP contribution in [0.25, 0.3) is 0 Å². The Kier molecular flexibility index (Phi) is 3.28. The molecule has 0 bridgehead atoms. The van der Waals surface area contributed by atoms with Crippen LogP contribution in [0.1, 0.15) is 27.8 Å². The molecule has 2 aromatic rings. The van der Waals surface area contributed by atoms with Gasteiger partial charge in [0.1, 0.15) is 15.4 Å². The third kappa shape index (κ3) is 2.12. The van der Waals surface area contributed by atoms with E-state index in [-0.39, 0.29) is 0 Å². The summed E-state index contributed by atoms with van der Waals surface area (Å²) in [6.07, 6.45) is 0.882. The molecule has 0 saturated heterocycles. The van der Waals surface area contributed by atoms with Crippen LogP contribution in [0.3, 0.4) is 0 Å². The summed E-state index contributed by atoms with van der Waals surface area (Å²) in [7, 11) is 0. The van der Waals surface area contributed by atoms with Crippen LogP contribution in [0.5, 0.6) is 0 Å². The molecule has 1 N–H and O–H groups in total. The Balaban J connectivity index is 2.41. The summed E-state index contributed by atoms with van der Waals surface area (Å²) in [4.78, 5) is 4.10. The van der Waals surface area contributed by atoms with Gasteiger partial charge in [0.25, 0.3) is 0 Å². The third-order valence-corrected chi connectivity index (χ3v) is 3.84. The van der Waals surface area contributed by atoms with Gasteiger partial charge in [-0.2, -0.15) is 0 Å². The minimum absolute atomic E-state index is 0.597. The van der Waals surface area contributed by atoms with Gasteiger partial charge in [0.2, 0.25) is 0 Å². The largest absolute Gasteiger partial charge is 0.381 e. The summed E-state index contributed by atoms with van der Waals surface area (Å²) in [5.41, 5.74) is 3.16. The summed E-state index contributed by atoms with van der Waals surface area (Å²) in [6.45, 7) is 4.03. The van der Waals surface area contributed by atoms with Crippen LogP contribution in [-0.4, -0.2) is 10.1 Å². The van der Waals surface area contributed by atoms with Gasteiger partial charge in [0.05, 0.1) is 6.20 Å². The van der Waals surface area contributed by atoms with E-state index in [0.717, 1.165) is 11.1 Å². The molecule has 0 aliphatic heterocycles. The van der Waals surface area contributed by atoms with Gasteiger partial charge >= 0.3 is 0 Å². The molecule has 1 aromatic carbocycles. The highest BCUT2D eigenvalue weighted by Crippen LogP contribution is 2.30. The fourth-order valence-corrected chi connectivity index (χ4v) is 2.53. The van der Waals surface area contributed by atoms with Crippen molar-refractivity contribution in [3.8, 4) is 0 Å². The molecule has 4 heteroatoms. The first-order chi connectivity index (χ1) is 7.59. The molecule has 0 saturated carbocycles. The quantitative estimate of drug-likeness (QED) is 0.889. The smallest absolute Gasteiger partial charge is 0.131 e. The van der Waals surface area contributed by atoms with Crippen molar-refractivity contribution in [1.82, 2.24) is 4.98 Å². The monoisotopic (exact) mass is 253 g/mol. The fraction of sp³-hybridized carbons (Fsp3) is 0.250. The maximum absolute atomic E-state index is 10.2. The maximum atomic E-state index is 10.2. The molecular formula is C12H12ClNOS. The Labute approximate surface area is 104 Å². The van der Waals surface area contributed by atoms with E-state index in [2.05, 4.69) is 4.98 Å². The molecule has 1 unspecified atom stereocenters. The molecule has 0 aliphatic rings. The van der Waals surface area contributed by atoms with Crippen molar-refractivity contribution in [1.29, 1.82) is 0 Å². The Morgan fingerprint density at radius 3 is 2.75 bits per heavy atom. The van der Waals surface area contributed by atoms with Crippen molar-refractivity contribution in [3.05, 3.63) is 50.4 Å². The molecule has 2 rings (SSSR count). The number of halogens is 1. The van der Waals surface area contributed by atoms with Crippen LogP contribution in [-0.2, 0) is 0 Å². The lowest BCUT2D eigenvalue weighted by molar-refractivity contribution is 0.219. The highest BCUT2D eigenvalue weighted by atomic mass is 35.5. The van der Waals surface area contributed by atoms with Crippen molar-refractivity contribution in [2.75, 3.05) is 0 Å². The molecule has 0 fully saturated rings. The molecule has 0 spiro atoms. The minimum atomic E-state index is -0.683.